The van der Waals surface area contributed by atoms with Gasteiger partial charge in [0.1, 0.15) is 0 Å². The molecule has 0 spiro atoms. The van der Waals surface area contributed by atoms with E-state index in [1.807, 2.05) is 11.8 Å². The smallest absolute Gasteiger partial charge is 0.273 e. The highest BCUT2D eigenvalue weighted by Gasteiger charge is 2.16. The van der Waals surface area contributed by atoms with Crippen LogP contribution in [0.2, 0.25) is 5.02 Å². The molecule has 0 aliphatic heterocycles. The van der Waals surface area contributed by atoms with Crippen LogP contribution >= 0.6 is 11.6 Å². The molecule has 0 bridgehead atoms. The number of nitrogens with zero attached hydrogens (tertiary/aromatic N) is 2. The van der Waals surface area contributed by atoms with Crippen molar-refractivity contribution in [1.29, 1.82) is 0 Å². The Hall–Kier alpha value is -1.17. The van der Waals surface area contributed by atoms with Crippen LogP contribution in [0.1, 0.15) is 18.9 Å². The lowest BCUT2D eigenvalue weighted by atomic mass is 10.1. The van der Waals surface area contributed by atoms with E-state index < -0.39 is 4.92 Å². The predicted octanol–water partition coefficient (Wildman–Crippen LogP) is 2.45. The van der Waals surface area contributed by atoms with Gasteiger partial charge in [0.25, 0.3) is 5.69 Å². The summed E-state index contributed by atoms with van der Waals surface area (Å²) in [6.07, 6.45) is 0.655. The molecule has 0 atom stereocenters. The molecule has 1 N–H and O–H groups in total. The molecular formula is C12H17ClN2O3. The summed E-state index contributed by atoms with van der Waals surface area (Å²) >= 11 is 5.87. The second kappa shape index (κ2) is 7.31. The zero-order valence-corrected chi connectivity index (χ0v) is 11.1. The molecule has 0 fully saturated rings. The van der Waals surface area contributed by atoms with Crippen LogP contribution in [0.25, 0.3) is 0 Å². The first kappa shape index (κ1) is 14.9. The topological polar surface area (TPSA) is 66.6 Å². The van der Waals surface area contributed by atoms with Gasteiger partial charge in [0.2, 0.25) is 0 Å². The zero-order chi connectivity index (χ0) is 13.5. The molecule has 1 rings (SSSR count). The molecule has 0 aliphatic carbocycles. The quantitative estimate of drug-likeness (QED) is 0.612. The van der Waals surface area contributed by atoms with Crippen LogP contribution in [-0.4, -0.2) is 34.6 Å². The summed E-state index contributed by atoms with van der Waals surface area (Å²) in [6, 6.07) is 4.58. The van der Waals surface area contributed by atoms with Gasteiger partial charge in [-0.3, -0.25) is 15.0 Å². The lowest BCUT2D eigenvalue weighted by Gasteiger charge is -2.19. The minimum absolute atomic E-state index is 0.0850. The molecule has 0 heterocycles. The van der Waals surface area contributed by atoms with Gasteiger partial charge in [-0.2, -0.15) is 0 Å². The van der Waals surface area contributed by atoms with Gasteiger partial charge in [0, 0.05) is 36.3 Å². The van der Waals surface area contributed by atoms with E-state index in [0.717, 1.165) is 6.54 Å². The first-order chi connectivity index (χ1) is 8.58. The highest BCUT2D eigenvalue weighted by Crippen LogP contribution is 2.24. The lowest BCUT2D eigenvalue weighted by molar-refractivity contribution is -0.385. The van der Waals surface area contributed by atoms with Crippen LogP contribution in [-0.2, 0) is 6.54 Å². The molecule has 0 aromatic heterocycles. The van der Waals surface area contributed by atoms with Crippen molar-refractivity contribution in [1.82, 2.24) is 4.90 Å². The fourth-order valence-corrected chi connectivity index (χ4v) is 1.94. The second-order valence-electron chi connectivity index (χ2n) is 3.98. The van der Waals surface area contributed by atoms with E-state index in [1.165, 1.54) is 12.1 Å². The molecule has 0 radical (unpaired) electrons. The summed E-state index contributed by atoms with van der Waals surface area (Å²) < 4.78 is 0. The van der Waals surface area contributed by atoms with Crippen LogP contribution < -0.4 is 0 Å². The molecule has 0 saturated heterocycles. The van der Waals surface area contributed by atoms with Crippen molar-refractivity contribution in [3.63, 3.8) is 0 Å². The molecule has 18 heavy (non-hydrogen) atoms. The Labute approximate surface area is 111 Å². The van der Waals surface area contributed by atoms with Crippen LogP contribution in [0.4, 0.5) is 5.69 Å². The first-order valence-corrected chi connectivity index (χ1v) is 6.22. The van der Waals surface area contributed by atoms with Crippen LogP contribution in [0, 0.1) is 10.1 Å². The zero-order valence-electron chi connectivity index (χ0n) is 10.3. The van der Waals surface area contributed by atoms with E-state index in [4.69, 9.17) is 16.7 Å². The third-order valence-corrected chi connectivity index (χ3v) is 2.95. The van der Waals surface area contributed by atoms with Gasteiger partial charge in [-0.05, 0) is 25.1 Å². The fraction of sp³-hybridized carbons (Fsp3) is 0.500. The molecule has 100 valence electrons. The van der Waals surface area contributed by atoms with Gasteiger partial charge in [0.15, 0.2) is 0 Å². The maximum Gasteiger partial charge on any atom is 0.273 e. The Bertz CT molecular complexity index is 412. The van der Waals surface area contributed by atoms with Crippen LogP contribution in [0.15, 0.2) is 18.2 Å². The van der Waals surface area contributed by atoms with Gasteiger partial charge < -0.3 is 5.11 Å². The Morgan fingerprint density at radius 3 is 2.78 bits per heavy atom. The summed E-state index contributed by atoms with van der Waals surface area (Å²) in [4.78, 5) is 12.6. The number of hydrogen-bond acceptors (Lipinski definition) is 4. The molecule has 6 heteroatoms. The number of rotatable bonds is 7. The number of halogens is 1. The van der Waals surface area contributed by atoms with E-state index >= 15 is 0 Å². The van der Waals surface area contributed by atoms with Crippen molar-refractivity contribution < 1.29 is 10.0 Å². The molecule has 5 nitrogen and oxygen atoms in total. The van der Waals surface area contributed by atoms with Crippen molar-refractivity contribution in [3.05, 3.63) is 38.9 Å². The van der Waals surface area contributed by atoms with E-state index in [-0.39, 0.29) is 12.3 Å². The second-order valence-corrected chi connectivity index (χ2v) is 4.41. The molecular weight excluding hydrogens is 256 g/mol. The Morgan fingerprint density at radius 1 is 1.50 bits per heavy atom. The molecule has 0 amide bonds. The highest BCUT2D eigenvalue weighted by molar-refractivity contribution is 6.30. The number of aliphatic hydroxyl groups is 1. The van der Waals surface area contributed by atoms with Gasteiger partial charge in [-0.25, -0.2) is 0 Å². The van der Waals surface area contributed by atoms with E-state index in [9.17, 15) is 10.1 Å². The molecule has 0 aliphatic rings. The Kier molecular flexibility index (Phi) is 6.04. The SMILES string of the molecule is CCN(CCCO)Cc1cc(Cl)ccc1[N+](=O)[O-]. The summed E-state index contributed by atoms with van der Waals surface area (Å²) in [6.45, 7) is 4.04. The third kappa shape index (κ3) is 4.25. The molecule has 0 unspecified atom stereocenters. The van der Waals surface area contributed by atoms with Crippen LogP contribution in [0.5, 0.6) is 0 Å². The maximum atomic E-state index is 10.9. The van der Waals surface area contributed by atoms with Crippen molar-refractivity contribution in [2.75, 3.05) is 19.7 Å². The third-order valence-electron chi connectivity index (χ3n) is 2.71. The van der Waals surface area contributed by atoms with E-state index in [0.29, 0.717) is 30.1 Å². The van der Waals surface area contributed by atoms with E-state index in [1.54, 1.807) is 6.07 Å². The average molecular weight is 273 g/mol. The number of nitro groups is 1. The minimum atomic E-state index is -0.397. The Balaban J connectivity index is 2.86. The number of aliphatic hydroxyl groups excluding tert-OH is 1. The summed E-state index contributed by atoms with van der Waals surface area (Å²) in [5, 5.41) is 20.2. The number of hydrogen-bond donors (Lipinski definition) is 1. The van der Waals surface area contributed by atoms with Gasteiger partial charge >= 0.3 is 0 Å². The molecule has 1 aromatic carbocycles. The predicted molar refractivity (Wildman–Crippen MR) is 70.8 cm³/mol. The number of benzene rings is 1. The lowest BCUT2D eigenvalue weighted by Crippen LogP contribution is -2.25. The summed E-state index contributed by atoms with van der Waals surface area (Å²) in [7, 11) is 0. The normalized spacial score (nSPS) is 10.9. The van der Waals surface area contributed by atoms with Gasteiger partial charge in [-0.15, -0.1) is 0 Å². The Morgan fingerprint density at radius 2 is 2.22 bits per heavy atom. The van der Waals surface area contributed by atoms with E-state index in [2.05, 4.69) is 0 Å². The molecule has 1 aromatic rings. The minimum Gasteiger partial charge on any atom is -0.396 e. The van der Waals surface area contributed by atoms with Gasteiger partial charge in [-0.1, -0.05) is 18.5 Å². The van der Waals surface area contributed by atoms with Crippen molar-refractivity contribution in [3.8, 4) is 0 Å². The van der Waals surface area contributed by atoms with Gasteiger partial charge in [0.05, 0.1) is 4.92 Å². The first-order valence-electron chi connectivity index (χ1n) is 5.84. The summed E-state index contributed by atoms with van der Waals surface area (Å²) in [5.74, 6) is 0. The fourth-order valence-electron chi connectivity index (χ4n) is 1.74. The number of nitro benzene ring substituents is 1. The van der Waals surface area contributed by atoms with Crippen molar-refractivity contribution in [2.24, 2.45) is 0 Å². The van der Waals surface area contributed by atoms with Crippen LogP contribution in [0.3, 0.4) is 0 Å². The maximum absolute atomic E-state index is 10.9. The standard InChI is InChI=1S/C12H17ClN2O3/c1-2-14(6-3-7-16)9-10-8-11(13)4-5-12(10)15(17)18/h4-5,8,16H,2-3,6-7,9H2,1H3. The molecule has 0 saturated carbocycles. The summed E-state index contributed by atoms with van der Waals surface area (Å²) in [5.41, 5.74) is 0.689. The monoisotopic (exact) mass is 272 g/mol. The van der Waals surface area contributed by atoms with Crippen molar-refractivity contribution in [2.45, 2.75) is 19.9 Å². The van der Waals surface area contributed by atoms with Crippen molar-refractivity contribution >= 4 is 17.3 Å². The average Bonchev–Trinajstić information content (AvgIpc) is 2.34. The largest absolute Gasteiger partial charge is 0.396 e. The highest BCUT2D eigenvalue weighted by atomic mass is 35.5.